The van der Waals surface area contributed by atoms with Crippen LogP contribution in [0.4, 0.5) is 0 Å². The van der Waals surface area contributed by atoms with E-state index in [4.69, 9.17) is 0 Å². The van der Waals surface area contributed by atoms with Gasteiger partial charge >= 0.3 is 0 Å². The van der Waals surface area contributed by atoms with Gasteiger partial charge in [-0.3, -0.25) is 4.79 Å². The number of carbonyl (C=O) groups is 1. The normalized spacial score (nSPS) is 27.3. The van der Waals surface area contributed by atoms with E-state index in [2.05, 4.69) is 20.8 Å². The summed E-state index contributed by atoms with van der Waals surface area (Å²) in [6.07, 6.45) is 5.64. The number of alkyl halides is 1. The predicted molar refractivity (Wildman–Crippen MR) is 73.2 cm³/mol. The number of carbonyl (C=O) groups excluding carboxylic acids is 1. The molecule has 2 rings (SSSR count). The molecule has 2 fully saturated rings. The molecule has 0 aliphatic carbocycles. The maximum atomic E-state index is 12.2. The lowest BCUT2D eigenvalue weighted by Gasteiger charge is -2.27. The molecule has 16 heavy (non-hydrogen) atoms. The van der Waals surface area contributed by atoms with Crippen LogP contribution in [0.25, 0.3) is 0 Å². The van der Waals surface area contributed by atoms with Gasteiger partial charge in [0.2, 0.25) is 5.91 Å². The second-order valence-electron chi connectivity index (χ2n) is 4.80. The van der Waals surface area contributed by atoms with E-state index < -0.39 is 0 Å². The Labute approximate surface area is 111 Å². The molecule has 4 heteroatoms. The molecule has 2 saturated heterocycles. The number of hydrogen-bond acceptors (Lipinski definition) is 2. The van der Waals surface area contributed by atoms with Gasteiger partial charge in [-0.2, -0.15) is 11.8 Å². The van der Waals surface area contributed by atoms with Gasteiger partial charge in [0.05, 0.1) is 0 Å². The SMILES string of the molecule is O=C(CC1CCSCC1)N1CCCC1CBr. The van der Waals surface area contributed by atoms with Gasteiger partial charge in [-0.1, -0.05) is 15.9 Å². The summed E-state index contributed by atoms with van der Waals surface area (Å²) in [6, 6.07) is 0.463. The van der Waals surface area contributed by atoms with Crippen LogP contribution in [0.15, 0.2) is 0 Å². The highest BCUT2D eigenvalue weighted by atomic mass is 79.9. The first-order valence-electron chi connectivity index (χ1n) is 6.24. The van der Waals surface area contributed by atoms with Crippen LogP contribution in [0.2, 0.25) is 0 Å². The van der Waals surface area contributed by atoms with E-state index >= 15 is 0 Å². The minimum Gasteiger partial charge on any atom is -0.339 e. The molecule has 92 valence electrons. The van der Waals surface area contributed by atoms with Gasteiger partial charge in [-0.25, -0.2) is 0 Å². The zero-order valence-electron chi connectivity index (χ0n) is 9.66. The molecule has 0 spiro atoms. The fraction of sp³-hybridized carbons (Fsp3) is 0.917. The fourth-order valence-electron chi connectivity index (χ4n) is 2.64. The summed E-state index contributed by atoms with van der Waals surface area (Å²) in [5.41, 5.74) is 0. The van der Waals surface area contributed by atoms with Crippen molar-refractivity contribution in [2.75, 3.05) is 23.4 Å². The Hall–Kier alpha value is 0.300. The molecule has 0 saturated carbocycles. The molecule has 1 amide bonds. The molecule has 2 aliphatic rings. The summed E-state index contributed by atoms with van der Waals surface area (Å²) in [5.74, 6) is 3.56. The first kappa shape index (κ1) is 12.7. The summed E-state index contributed by atoms with van der Waals surface area (Å²) in [4.78, 5) is 14.3. The third-order valence-electron chi connectivity index (χ3n) is 3.68. The quantitative estimate of drug-likeness (QED) is 0.747. The number of hydrogen-bond donors (Lipinski definition) is 0. The third kappa shape index (κ3) is 3.16. The second-order valence-corrected chi connectivity index (χ2v) is 6.67. The van der Waals surface area contributed by atoms with Crippen molar-refractivity contribution in [3.05, 3.63) is 0 Å². The monoisotopic (exact) mass is 305 g/mol. The highest BCUT2D eigenvalue weighted by Crippen LogP contribution is 2.27. The standard InChI is InChI=1S/C12H20BrNOS/c13-9-11-2-1-5-14(11)12(15)8-10-3-6-16-7-4-10/h10-11H,1-9H2. The predicted octanol–water partition coefficient (Wildman–Crippen LogP) is 2.91. The third-order valence-corrected chi connectivity index (χ3v) is 5.48. The van der Waals surface area contributed by atoms with E-state index in [1.165, 1.54) is 37.2 Å². The zero-order chi connectivity index (χ0) is 11.4. The van der Waals surface area contributed by atoms with E-state index in [1.807, 2.05) is 11.8 Å². The topological polar surface area (TPSA) is 20.3 Å². The number of likely N-dealkylation sites (tertiary alicyclic amines) is 1. The first-order chi connectivity index (χ1) is 7.81. The first-order valence-corrected chi connectivity index (χ1v) is 8.52. The average Bonchev–Trinajstić information content (AvgIpc) is 2.78. The van der Waals surface area contributed by atoms with E-state index in [9.17, 15) is 4.79 Å². The summed E-state index contributed by atoms with van der Waals surface area (Å²) in [5, 5.41) is 0.944. The van der Waals surface area contributed by atoms with Crippen LogP contribution in [-0.4, -0.2) is 40.2 Å². The van der Waals surface area contributed by atoms with E-state index in [0.29, 0.717) is 17.9 Å². The Morgan fingerprint density at radius 2 is 2.06 bits per heavy atom. The van der Waals surface area contributed by atoms with Crippen molar-refractivity contribution in [1.82, 2.24) is 4.90 Å². The molecule has 2 nitrogen and oxygen atoms in total. The minimum absolute atomic E-state index is 0.402. The molecule has 0 aromatic carbocycles. The molecule has 0 N–H and O–H groups in total. The lowest BCUT2D eigenvalue weighted by molar-refractivity contribution is -0.132. The van der Waals surface area contributed by atoms with Gasteiger partial charge in [0, 0.05) is 24.3 Å². The van der Waals surface area contributed by atoms with Crippen LogP contribution in [0.1, 0.15) is 32.1 Å². The Kier molecular flexibility index (Phi) is 5.01. The molecule has 2 aliphatic heterocycles. The molecule has 0 aromatic heterocycles. The average molecular weight is 306 g/mol. The molecule has 2 heterocycles. The number of amides is 1. The number of rotatable bonds is 3. The molecular formula is C12H20BrNOS. The minimum atomic E-state index is 0.402. The maximum Gasteiger partial charge on any atom is 0.223 e. The highest BCUT2D eigenvalue weighted by molar-refractivity contribution is 9.09. The van der Waals surface area contributed by atoms with Crippen molar-refractivity contribution in [2.24, 2.45) is 5.92 Å². The molecule has 1 atom stereocenters. The van der Waals surface area contributed by atoms with E-state index in [-0.39, 0.29) is 0 Å². The second kappa shape index (κ2) is 6.29. The summed E-state index contributed by atoms with van der Waals surface area (Å²) < 4.78 is 0. The molecular weight excluding hydrogens is 286 g/mol. The van der Waals surface area contributed by atoms with Crippen molar-refractivity contribution >= 4 is 33.6 Å². The van der Waals surface area contributed by atoms with Crippen LogP contribution in [0, 0.1) is 5.92 Å². The van der Waals surface area contributed by atoms with E-state index in [1.54, 1.807) is 0 Å². The van der Waals surface area contributed by atoms with Crippen LogP contribution in [0.3, 0.4) is 0 Å². The van der Waals surface area contributed by atoms with Gasteiger partial charge < -0.3 is 4.90 Å². The Bertz CT molecular complexity index is 243. The summed E-state index contributed by atoms with van der Waals surface area (Å²) in [7, 11) is 0. The van der Waals surface area contributed by atoms with Crippen molar-refractivity contribution in [2.45, 2.75) is 38.1 Å². The van der Waals surface area contributed by atoms with Gasteiger partial charge in [0.1, 0.15) is 0 Å². The summed E-state index contributed by atoms with van der Waals surface area (Å²) in [6.45, 7) is 0.983. The van der Waals surface area contributed by atoms with Crippen LogP contribution < -0.4 is 0 Å². The maximum absolute atomic E-state index is 12.2. The summed E-state index contributed by atoms with van der Waals surface area (Å²) >= 11 is 5.54. The Morgan fingerprint density at radius 3 is 2.75 bits per heavy atom. The van der Waals surface area contributed by atoms with Gasteiger partial charge in [0.15, 0.2) is 0 Å². The Balaban J connectivity index is 1.82. The molecule has 0 bridgehead atoms. The van der Waals surface area contributed by atoms with Gasteiger partial charge in [-0.05, 0) is 43.1 Å². The van der Waals surface area contributed by atoms with Crippen LogP contribution in [0.5, 0.6) is 0 Å². The van der Waals surface area contributed by atoms with Gasteiger partial charge in [-0.15, -0.1) is 0 Å². The molecule has 1 unspecified atom stereocenters. The largest absolute Gasteiger partial charge is 0.339 e. The number of halogens is 1. The number of nitrogens with zero attached hydrogens (tertiary/aromatic N) is 1. The van der Waals surface area contributed by atoms with Crippen LogP contribution >= 0.6 is 27.7 Å². The lowest BCUT2D eigenvalue weighted by Crippen LogP contribution is -2.37. The lowest BCUT2D eigenvalue weighted by atomic mass is 9.98. The van der Waals surface area contributed by atoms with E-state index in [0.717, 1.165) is 18.3 Å². The van der Waals surface area contributed by atoms with Crippen molar-refractivity contribution in [3.8, 4) is 0 Å². The van der Waals surface area contributed by atoms with Crippen LogP contribution in [-0.2, 0) is 4.79 Å². The van der Waals surface area contributed by atoms with Crippen molar-refractivity contribution in [1.29, 1.82) is 0 Å². The Morgan fingerprint density at radius 1 is 1.31 bits per heavy atom. The van der Waals surface area contributed by atoms with Crippen molar-refractivity contribution < 1.29 is 4.79 Å². The fourth-order valence-corrected chi connectivity index (χ4v) is 4.52. The van der Waals surface area contributed by atoms with Crippen molar-refractivity contribution in [3.63, 3.8) is 0 Å². The number of thioether (sulfide) groups is 1. The molecule has 0 aromatic rings. The van der Waals surface area contributed by atoms with Gasteiger partial charge in [0.25, 0.3) is 0 Å². The zero-order valence-corrected chi connectivity index (χ0v) is 12.1. The molecule has 0 radical (unpaired) electrons. The highest BCUT2D eigenvalue weighted by Gasteiger charge is 2.29. The smallest absolute Gasteiger partial charge is 0.223 e.